The Bertz CT molecular complexity index is 210. The first-order valence-corrected chi connectivity index (χ1v) is 4.60. The van der Waals surface area contributed by atoms with Crippen molar-refractivity contribution in [2.75, 3.05) is 26.3 Å². The van der Waals surface area contributed by atoms with Crippen molar-refractivity contribution in [2.24, 2.45) is 11.5 Å². The molecule has 0 heterocycles. The van der Waals surface area contributed by atoms with Crippen LogP contribution in [0.4, 0.5) is 0 Å². The van der Waals surface area contributed by atoms with Gasteiger partial charge >= 0.3 is 5.97 Å². The molecule has 0 saturated heterocycles. The summed E-state index contributed by atoms with van der Waals surface area (Å²) in [5.41, 5.74) is 10.3. The Morgan fingerprint density at radius 2 is 2.07 bits per heavy atom. The van der Waals surface area contributed by atoms with Crippen LogP contribution in [0.15, 0.2) is 0 Å². The first kappa shape index (κ1) is 13.8. The van der Waals surface area contributed by atoms with E-state index < -0.39 is 17.9 Å². The number of hydrogen-bond acceptors (Lipinski definition) is 5. The maximum Gasteiger partial charge on any atom is 0.321 e. The van der Waals surface area contributed by atoms with Gasteiger partial charge in [-0.3, -0.25) is 9.59 Å². The molecule has 0 aliphatic rings. The first-order valence-electron chi connectivity index (χ1n) is 4.60. The first-order chi connectivity index (χ1) is 7.07. The largest absolute Gasteiger partial charge is 0.480 e. The van der Waals surface area contributed by atoms with Gasteiger partial charge in [-0.15, -0.1) is 0 Å². The van der Waals surface area contributed by atoms with Gasteiger partial charge in [0, 0.05) is 13.1 Å². The smallest absolute Gasteiger partial charge is 0.321 e. The highest BCUT2D eigenvalue weighted by molar-refractivity contribution is 5.84. The van der Waals surface area contributed by atoms with Crippen molar-refractivity contribution in [3.63, 3.8) is 0 Å². The van der Waals surface area contributed by atoms with E-state index in [0.717, 1.165) is 0 Å². The third-order valence-electron chi connectivity index (χ3n) is 1.55. The molecular weight excluding hydrogens is 202 g/mol. The molecule has 0 radical (unpaired) electrons. The van der Waals surface area contributed by atoms with Crippen LogP contribution in [0, 0.1) is 0 Å². The molecule has 15 heavy (non-hydrogen) atoms. The van der Waals surface area contributed by atoms with Crippen LogP contribution in [-0.4, -0.2) is 49.3 Å². The molecule has 0 fully saturated rings. The Kier molecular flexibility index (Phi) is 7.51. The molecule has 0 saturated carbocycles. The molecule has 7 heteroatoms. The van der Waals surface area contributed by atoms with E-state index in [2.05, 4.69) is 5.32 Å². The second-order valence-electron chi connectivity index (χ2n) is 2.90. The van der Waals surface area contributed by atoms with Gasteiger partial charge < -0.3 is 26.6 Å². The fourth-order valence-electron chi connectivity index (χ4n) is 0.807. The number of carboxylic acid groups (broad SMARTS) is 1. The number of hydrogen-bond donors (Lipinski definition) is 4. The third-order valence-corrected chi connectivity index (χ3v) is 1.55. The fourth-order valence-corrected chi connectivity index (χ4v) is 0.807. The van der Waals surface area contributed by atoms with E-state index in [9.17, 15) is 9.59 Å². The van der Waals surface area contributed by atoms with Crippen molar-refractivity contribution >= 4 is 11.9 Å². The number of rotatable bonds is 8. The van der Waals surface area contributed by atoms with Gasteiger partial charge in [-0.05, 0) is 0 Å². The van der Waals surface area contributed by atoms with Gasteiger partial charge in [0.25, 0.3) is 0 Å². The van der Waals surface area contributed by atoms with E-state index >= 15 is 0 Å². The van der Waals surface area contributed by atoms with E-state index in [4.69, 9.17) is 21.3 Å². The van der Waals surface area contributed by atoms with Crippen LogP contribution in [0.25, 0.3) is 0 Å². The van der Waals surface area contributed by atoms with Gasteiger partial charge in [0.05, 0.1) is 19.6 Å². The average Bonchev–Trinajstić information content (AvgIpc) is 2.17. The van der Waals surface area contributed by atoms with Crippen LogP contribution >= 0.6 is 0 Å². The van der Waals surface area contributed by atoms with Gasteiger partial charge in [0.1, 0.15) is 6.04 Å². The lowest BCUT2D eigenvalue weighted by Gasteiger charge is -2.07. The highest BCUT2D eigenvalue weighted by atomic mass is 16.5. The molecule has 6 N–H and O–H groups in total. The zero-order chi connectivity index (χ0) is 11.7. The van der Waals surface area contributed by atoms with Crippen molar-refractivity contribution in [3.05, 3.63) is 0 Å². The predicted molar refractivity (Wildman–Crippen MR) is 53.1 cm³/mol. The molecule has 0 aliphatic heterocycles. The summed E-state index contributed by atoms with van der Waals surface area (Å²) >= 11 is 0. The molecule has 1 atom stereocenters. The molecular formula is C8H17N3O4. The summed E-state index contributed by atoms with van der Waals surface area (Å²) in [6, 6.07) is -1.16. The topological polar surface area (TPSA) is 128 Å². The number of aliphatic carboxylic acids is 1. The summed E-state index contributed by atoms with van der Waals surface area (Å²) in [5, 5.41) is 10.9. The molecule has 0 aliphatic carbocycles. The molecule has 7 nitrogen and oxygen atoms in total. The normalized spacial score (nSPS) is 12.1. The molecule has 0 aromatic heterocycles. The Balaban J connectivity index is 3.45. The van der Waals surface area contributed by atoms with E-state index in [1.165, 1.54) is 0 Å². The zero-order valence-corrected chi connectivity index (χ0v) is 8.44. The lowest BCUT2D eigenvalue weighted by atomic mass is 10.2. The van der Waals surface area contributed by atoms with Gasteiger partial charge in [-0.1, -0.05) is 0 Å². The van der Waals surface area contributed by atoms with E-state index in [0.29, 0.717) is 26.3 Å². The second-order valence-corrected chi connectivity index (χ2v) is 2.90. The predicted octanol–water partition coefficient (Wildman–Crippen LogP) is -2.12. The standard InChI is InChI=1S/C8H17N3O4/c9-1-3-15-4-2-11-7(12)5-6(10)8(13)14/h6H,1-5,9-10H2,(H,11,12)(H,13,14)/t6-/m0/s1. The Morgan fingerprint density at radius 3 is 2.60 bits per heavy atom. The summed E-state index contributed by atoms with van der Waals surface area (Å²) in [7, 11) is 0. The minimum atomic E-state index is -1.19. The Morgan fingerprint density at radius 1 is 1.40 bits per heavy atom. The molecule has 0 rings (SSSR count). The zero-order valence-electron chi connectivity index (χ0n) is 8.44. The monoisotopic (exact) mass is 219 g/mol. The summed E-state index contributed by atoms with van der Waals surface area (Å²) in [4.78, 5) is 21.4. The summed E-state index contributed by atoms with van der Waals surface area (Å²) < 4.78 is 5.00. The van der Waals surface area contributed by atoms with Crippen molar-refractivity contribution in [1.82, 2.24) is 5.32 Å². The van der Waals surface area contributed by atoms with Crippen LogP contribution in [0.2, 0.25) is 0 Å². The summed E-state index contributed by atoms with van der Waals surface area (Å²) in [6.45, 7) is 1.54. The summed E-state index contributed by atoms with van der Waals surface area (Å²) in [5.74, 6) is -1.59. The number of carbonyl (C=O) groups excluding carboxylic acids is 1. The molecule has 0 aromatic carbocycles. The van der Waals surface area contributed by atoms with Crippen LogP contribution in [0.3, 0.4) is 0 Å². The number of nitrogens with one attached hydrogen (secondary N) is 1. The molecule has 0 bridgehead atoms. The minimum absolute atomic E-state index is 0.230. The van der Waals surface area contributed by atoms with Crippen LogP contribution in [0.5, 0.6) is 0 Å². The maximum absolute atomic E-state index is 11.1. The van der Waals surface area contributed by atoms with E-state index in [1.54, 1.807) is 0 Å². The third kappa shape index (κ3) is 7.86. The van der Waals surface area contributed by atoms with E-state index in [1.807, 2.05) is 0 Å². The lowest BCUT2D eigenvalue weighted by molar-refractivity contribution is -0.140. The van der Waals surface area contributed by atoms with Crippen molar-refractivity contribution in [1.29, 1.82) is 0 Å². The van der Waals surface area contributed by atoms with Gasteiger partial charge in [0.2, 0.25) is 5.91 Å². The highest BCUT2D eigenvalue weighted by Gasteiger charge is 2.15. The maximum atomic E-state index is 11.1. The number of carbonyl (C=O) groups is 2. The quantitative estimate of drug-likeness (QED) is 0.345. The molecule has 88 valence electrons. The van der Waals surface area contributed by atoms with Crippen LogP contribution in [-0.2, 0) is 14.3 Å². The molecule has 1 amide bonds. The van der Waals surface area contributed by atoms with Crippen molar-refractivity contribution in [2.45, 2.75) is 12.5 Å². The summed E-state index contributed by atoms with van der Waals surface area (Å²) in [6.07, 6.45) is -0.230. The Labute approximate surface area is 87.8 Å². The molecule has 0 unspecified atom stereocenters. The van der Waals surface area contributed by atoms with Crippen molar-refractivity contribution in [3.8, 4) is 0 Å². The lowest BCUT2D eigenvalue weighted by Crippen LogP contribution is -2.38. The second kappa shape index (κ2) is 8.16. The van der Waals surface area contributed by atoms with Gasteiger partial charge in [-0.25, -0.2) is 0 Å². The highest BCUT2D eigenvalue weighted by Crippen LogP contribution is 1.87. The number of ether oxygens (including phenoxy) is 1. The average molecular weight is 219 g/mol. The van der Waals surface area contributed by atoms with Crippen LogP contribution < -0.4 is 16.8 Å². The Hall–Kier alpha value is -1.18. The van der Waals surface area contributed by atoms with Gasteiger partial charge in [-0.2, -0.15) is 0 Å². The van der Waals surface area contributed by atoms with Crippen LogP contribution in [0.1, 0.15) is 6.42 Å². The number of amides is 1. The fraction of sp³-hybridized carbons (Fsp3) is 0.750. The van der Waals surface area contributed by atoms with Crippen molar-refractivity contribution < 1.29 is 19.4 Å². The molecule has 0 spiro atoms. The SMILES string of the molecule is NCCOCCNC(=O)C[C@H](N)C(=O)O. The minimum Gasteiger partial charge on any atom is -0.480 e. The number of carboxylic acids is 1. The van der Waals surface area contributed by atoms with E-state index in [-0.39, 0.29) is 6.42 Å². The number of nitrogens with two attached hydrogens (primary N) is 2. The molecule has 0 aromatic rings. The van der Waals surface area contributed by atoms with Gasteiger partial charge in [0.15, 0.2) is 0 Å².